The van der Waals surface area contributed by atoms with Gasteiger partial charge >= 0.3 is 6.61 Å². The molecule has 0 aliphatic carbocycles. The van der Waals surface area contributed by atoms with Crippen LogP contribution in [-0.2, 0) is 10.3 Å². The number of amidine groups is 1. The Bertz CT molecular complexity index is 1080. The van der Waals surface area contributed by atoms with Crippen molar-refractivity contribution >= 4 is 17.4 Å². The zero-order valence-electron chi connectivity index (χ0n) is 15.6. The maximum atomic E-state index is 12.5. The molecule has 0 radical (unpaired) electrons. The van der Waals surface area contributed by atoms with Crippen molar-refractivity contribution in [1.29, 1.82) is 0 Å². The lowest BCUT2D eigenvalue weighted by molar-refractivity contribution is -0.0528. The highest BCUT2D eigenvalue weighted by Crippen LogP contribution is 2.38. The van der Waals surface area contributed by atoms with Gasteiger partial charge in [0.05, 0.1) is 11.6 Å². The minimum Gasteiger partial charge on any atom is -0.417 e. The molecule has 1 unspecified atom stereocenters. The molecule has 0 spiro atoms. The topological polar surface area (TPSA) is 82.6 Å². The van der Waals surface area contributed by atoms with Crippen LogP contribution in [-0.4, -0.2) is 35.6 Å². The molecule has 2 N–H and O–H groups in total. The van der Waals surface area contributed by atoms with Gasteiger partial charge in [-0.15, -0.1) is 0 Å². The number of aromatic nitrogens is 2. The molecule has 6 nitrogen and oxygen atoms in total. The number of aliphatic imine (C=N–C) groups is 1. The first-order chi connectivity index (χ1) is 14.5. The van der Waals surface area contributed by atoms with E-state index in [0.717, 1.165) is 16.7 Å². The maximum absolute atomic E-state index is 12.5. The van der Waals surface area contributed by atoms with Gasteiger partial charge in [0.25, 0.3) is 0 Å². The monoisotopic (exact) mass is 430 g/mol. The minimum absolute atomic E-state index is 0.184. The molecule has 1 aliphatic heterocycles. The predicted octanol–water partition coefficient (Wildman–Crippen LogP) is 4.03. The summed E-state index contributed by atoms with van der Waals surface area (Å²) in [5.74, 6) is 0.139. The summed E-state index contributed by atoms with van der Waals surface area (Å²) in [7, 11) is 0. The lowest BCUT2D eigenvalue weighted by Crippen LogP contribution is -2.40. The number of hydrogen-bond acceptors (Lipinski definition) is 6. The second kappa shape index (κ2) is 8.33. The van der Waals surface area contributed by atoms with E-state index < -0.39 is 12.2 Å². The van der Waals surface area contributed by atoms with Crippen LogP contribution in [0.2, 0.25) is 5.02 Å². The number of ether oxygens (including phenoxy) is 2. The van der Waals surface area contributed by atoms with Gasteiger partial charge in [-0.25, -0.2) is 4.98 Å². The van der Waals surface area contributed by atoms with Crippen LogP contribution >= 0.6 is 11.6 Å². The number of benzene rings is 1. The third kappa shape index (κ3) is 4.10. The van der Waals surface area contributed by atoms with Gasteiger partial charge < -0.3 is 15.2 Å². The van der Waals surface area contributed by atoms with Crippen molar-refractivity contribution in [3.8, 4) is 17.0 Å². The van der Waals surface area contributed by atoms with Gasteiger partial charge in [-0.05, 0) is 29.3 Å². The first-order valence-electron chi connectivity index (χ1n) is 9.01. The van der Waals surface area contributed by atoms with Gasteiger partial charge in [0.1, 0.15) is 18.0 Å². The SMILES string of the molecule is NC1=NC(c2ccc(OC(F)F)nc2)(c2cccc(-c3cncc(Cl)c3)c2)COC1. The largest absolute Gasteiger partial charge is 0.417 e. The molecule has 1 aromatic carbocycles. The Morgan fingerprint density at radius 3 is 2.63 bits per heavy atom. The molecule has 1 aliphatic rings. The summed E-state index contributed by atoms with van der Waals surface area (Å²) in [6.45, 7) is -2.53. The van der Waals surface area contributed by atoms with E-state index in [2.05, 4.69) is 14.7 Å². The minimum atomic E-state index is -2.95. The van der Waals surface area contributed by atoms with Crippen molar-refractivity contribution < 1.29 is 18.3 Å². The second-order valence-electron chi connectivity index (χ2n) is 6.69. The average molecular weight is 431 g/mol. The van der Waals surface area contributed by atoms with Crippen LogP contribution in [0.1, 0.15) is 11.1 Å². The molecule has 9 heteroatoms. The van der Waals surface area contributed by atoms with E-state index in [4.69, 9.17) is 27.1 Å². The summed E-state index contributed by atoms with van der Waals surface area (Å²) in [4.78, 5) is 12.8. The molecule has 1 atom stereocenters. The van der Waals surface area contributed by atoms with E-state index in [-0.39, 0.29) is 19.1 Å². The van der Waals surface area contributed by atoms with Gasteiger partial charge in [-0.3, -0.25) is 9.98 Å². The van der Waals surface area contributed by atoms with Crippen molar-refractivity contribution in [3.05, 3.63) is 77.2 Å². The molecule has 0 amide bonds. The number of nitrogens with zero attached hydrogens (tertiary/aromatic N) is 3. The lowest BCUT2D eigenvalue weighted by Gasteiger charge is -2.34. The Labute approximate surface area is 176 Å². The lowest BCUT2D eigenvalue weighted by atomic mass is 9.83. The Kier molecular flexibility index (Phi) is 5.61. The third-order valence-electron chi connectivity index (χ3n) is 4.70. The number of alkyl halides is 2. The summed E-state index contributed by atoms with van der Waals surface area (Å²) in [6, 6.07) is 12.5. The number of pyridine rings is 2. The second-order valence-corrected chi connectivity index (χ2v) is 7.13. The molecule has 3 heterocycles. The first kappa shape index (κ1) is 20.2. The first-order valence-corrected chi connectivity index (χ1v) is 9.39. The summed E-state index contributed by atoms with van der Waals surface area (Å²) < 4.78 is 35.0. The smallest absolute Gasteiger partial charge is 0.388 e. The van der Waals surface area contributed by atoms with E-state index in [9.17, 15) is 8.78 Å². The highest BCUT2D eigenvalue weighted by molar-refractivity contribution is 6.30. The fraction of sp³-hybridized carbons (Fsp3) is 0.190. The molecule has 0 saturated carbocycles. The molecule has 4 rings (SSSR count). The van der Waals surface area contributed by atoms with Gasteiger partial charge in [0, 0.05) is 35.8 Å². The van der Waals surface area contributed by atoms with E-state index in [1.807, 2.05) is 30.3 Å². The van der Waals surface area contributed by atoms with Crippen LogP contribution in [0.3, 0.4) is 0 Å². The molecule has 0 fully saturated rings. The Hall–Kier alpha value is -3.10. The van der Waals surface area contributed by atoms with Gasteiger partial charge in [-0.1, -0.05) is 29.8 Å². The van der Waals surface area contributed by atoms with Gasteiger partial charge in [0.15, 0.2) is 0 Å². The van der Waals surface area contributed by atoms with Crippen LogP contribution in [0.15, 0.2) is 66.0 Å². The van der Waals surface area contributed by atoms with E-state index >= 15 is 0 Å². The fourth-order valence-corrected chi connectivity index (χ4v) is 3.56. The quantitative estimate of drug-likeness (QED) is 0.660. The Morgan fingerprint density at radius 1 is 1.07 bits per heavy atom. The average Bonchev–Trinajstić information content (AvgIpc) is 2.74. The molecule has 3 aromatic rings. The number of halogens is 3. The van der Waals surface area contributed by atoms with Crippen molar-refractivity contribution in [2.24, 2.45) is 10.7 Å². The van der Waals surface area contributed by atoms with Crippen molar-refractivity contribution in [2.75, 3.05) is 13.2 Å². The standard InChI is InChI=1S/C21H17ClF2N4O2/c22-17-7-14(8-26-10-17)13-2-1-3-15(6-13)21(12-29-11-18(25)28-21)16-4-5-19(27-9-16)30-20(23)24/h1-10,20H,11-12H2,(H2,25,28). The van der Waals surface area contributed by atoms with Gasteiger partial charge in [-0.2, -0.15) is 8.78 Å². The van der Waals surface area contributed by atoms with E-state index in [0.29, 0.717) is 16.4 Å². The van der Waals surface area contributed by atoms with Crippen LogP contribution in [0.5, 0.6) is 5.88 Å². The van der Waals surface area contributed by atoms with Crippen molar-refractivity contribution in [2.45, 2.75) is 12.2 Å². The summed E-state index contributed by atoms with van der Waals surface area (Å²) >= 11 is 6.08. The number of nitrogens with two attached hydrogens (primary N) is 1. The summed E-state index contributed by atoms with van der Waals surface area (Å²) in [5, 5.41) is 0.523. The number of hydrogen-bond donors (Lipinski definition) is 1. The molecular formula is C21H17ClF2N4O2. The number of rotatable bonds is 5. The van der Waals surface area contributed by atoms with Crippen LogP contribution < -0.4 is 10.5 Å². The molecule has 30 heavy (non-hydrogen) atoms. The normalized spacial score (nSPS) is 18.9. The Balaban J connectivity index is 1.80. The highest BCUT2D eigenvalue weighted by atomic mass is 35.5. The summed E-state index contributed by atoms with van der Waals surface area (Å²) in [6.07, 6.45) is 4.71. The van der Waals surface area contributed by atoms with E-state index in [1.165, 1.54) is 12.3 Å². The van der Waals surface area contributed by atoms with Crippen LogP contribution in [0.4, 0.5) is 8.78 Å². The van der Waals surface area contributed by atoms with Gasteiger partial charge in [0.2, 0.25) is 5.88 Å². The molecule has 0 saturated heterocycles. The van der Waals surface area contributed by atoms with Crippen molar-refractivity contribution in [3.63, 3.8) is 0 Å². The molecular weight excluding hydrogens is 414 g/mol. The Morgan fingerprint density at radius 2 is 1.93 bits per heavy atom. The van der Waals surface area contributed by atoms with Crippen LogP contribution in [0, 0.1) is 0 Å². The summed E-state index contributed by atoms with van der Waals surface area (Å²) in [5.41, 5.74) is 8.17. The molecule has 0 bridgehead atoms. The third-order valence-corrected chi connectivity index (χ3v) is 4.90. The predicted molar refractivity (Wildman–Crippen MR) is 109 cm³/mol. The van der Waals surface area contributed by atoms with Crippen molar-refractivity contribution in [1.82, 2.24) is 9.97 Å². The van der Waals surface area contributed by atoms with Crippen LogP contribution in [0.25, 0.3) is 11.1 Å². The van der Waals surface area contributed by atoms with E-state index in [1.54, 1.807) is 18.5 Å². The highest BCUT2D eigenvalue weighted by Gasteiger charge is 2.38. The zero-order valence-corrected chi connectivity index (χ0v) is 16.4. The molecule has 2 aromatic heterocycles. The molecule has 154 valence electrons. The fourth-order valence-electron chi connectivity index (χ4n) is 3.39. The maximum Gasteiger partial charge on any atom is 0.388 e. The zero-order chi connectivity index (χ0) is 21.1.